The molecule has 1 aromatic heterocycles. The largest absolute Gasteiger partial charge is 0.493 e. The van der Waals surface area contributed by atoms with Gasteiger partial charge in [0.2, 0.25) is 5.95 Å². The number of methoxy groups -OCH3 is 1. The minimum Gasteiger partial charge on any atom is -0.493 e. The van der Waals surface area contributed by atoms with E-state index in [4.69, 9.17) is 14.5 Å². The van der Waals surface area contributed by atoms with Gasteiger partial charge in [-0.15, -0.1) is 0 Å². The van der Waals surface area contributed by atoms with Gasteiger partial charge in [-0.25, -0.2) is 18.4 Å². The number of nitrogens with one attached hydrogen (secondary N) is 1. The number of anilines is 2. The highest BCUT2D eigenvalue weighted by Gasteiger charge is 2.24. The van der Waals surface area contributed by atoms with Crippen LogP contribution in [0.2, 0.25) is 0 Å². The second-order valence-corrected chi connectivity index (χ2v) is 10.2. The van der Waals surface area contributed by atoms with E-state index in [0.717, 1.165) is 23.5 Å². The molecule has 0 aliphatic carbocycles. The lowest BCUT2D eigenvalue weighted by Crippen LogP contribution is -2.19. The quantitative estimate of drug-likeness (QED) is 0.496. The zero-order valence-corrected chi connectivity index (χ0v) is 20.3. The van der Waals surface area contributed by atoms with Crippen LogP contribution in [-0.2, 0) is 9.84 Å². The van der Waals surface area contributed by atoms with Crippen LogP contribution in [0.1, 0.15) is 17.2 Å². The van der Waals surface area contributed by atoms with Crippen molar-refractivity contribution in [3.8, 4) is 11.5 Å². The van der Waals surface area contributed by atoms with Crippen molar-refractivity contribution in [2.75, 3.05) is 45.9 Å². The Hall–Kier alpha value is -3.50. The monoisotopic (exact) mass is 481 g/mol. The first-order valence-electron chi connectivity index (χ1n) is 10.7. The molecule has 1 aliphatic heterocycles. The average Bonchev–Trinajstić information content (AvgIpc) is 3.22. The molecule has 3 aromatic rings. The van der Waals surface area contributed by atoms with Gasteiger partial charge in [-0.05, 0) is 43.9 Å². The molecule has 2 aromatic carbocycles. The molecule has 0 saturated heterocycles. The third kappa shape index (κ3) is 5.35. The van der Waals surface area contributed by atoms with Crippen LogP contribution in [0, 0.1) is 0 Å². The lowest BCUT2D eigenvalue weighted by atomic mass is 9.98. The second-order valence-electron chi connectivity index (χ2n) is 8.20. The number of sulfone groups is 1. The highest BCUT2D eigenvalue weighted by atomic mass is 32.2. The first-order valence-corrected chi connectivity index (χ1v) is 12.6. The molecule has 178 valence electrons. The van der Waals surface area contributed by atoms with Crippen LogP contribution >= 0.6 is 0 Å². The van der Waals surface area contributed by atoms with E-state index < -0.39 is 9.84 Å². The number of rotatable bonds is 9. The molecule has 0 fully saturated rings. The number of nitrogens with zero attached hydrogens (tertiary/aromatic N) is 4. The Labute approximate surface area is 199 Å². The van der Waals surface area contributed by atoms with Crippen LogP contribution < -0.4 is 14.8 Å². The van der Waals surface area contributed by atoms with E-state index in [-0.39, 0.29) is 10.8 Å². The number of aliphatic imine (C=N–C) groups is 1. The molecule has 1 atom stereocenters. The summed E-state index contributed by atoms with van der Waals surface area (Å²) in [6.45, 7) is 1.31. The third-order valence-electron chi connectivity index (χ3n) is 5.34. The summed E-state index contributed by atoms with van der Waals surface area (Å²) in [4.78, 5) is 15.8. The van der Waals surface area contributed by atoms with E-state index in [1.807, 2.05) is 37.2 Å². The maximum atomic E-state index is 11.8. The molecule has 4 rings (SSSR count). The van der Waals surface area contributed by atoms with E-state index in [1.54, 1.807) is 43.8 Å². The maximum absolute atomic E-state index is 11.8. The Kier molecular flexibility index (Phi) is 6.80. The van der Waals surface area contributed by atoms with Crippen LogP contribution in [0.3, 0.4) is 0 Å². The molecule has 0 amide bonds. The molecule has 9 nitrogen and oxygen atoms in total. The lowest BCUT2D eigenvalue weighted by Gasteiger charge is -2.15. The Morgan fingerprint density at radius 1 is 1.09 bits per heavy atom. The van der Waals surface area contributed by atoms with Crippen LogP contribution in [0.5, 0.6) is 11.5 Å². The Bertz CT molecular complexity index is 1310. The molecule has 34 heavy (non-hydrogen) atoms. The molecule has 0 spiro atoms. The Balaban J connectivity index is 1.54. The van der Waals surface area contributed by atoms with E-state index in [9.17, 15) is 8.42 Å². The molecule has 10 heteroatoms. The smallest absolute Gasteiger partial charge is 0.227 e. The lowest BCUT2D eigenvalue weighted by molar-refractivity contribution is 0.251. The summed E-state index contributed by atoms with van der Waals surface area (Å²) in [5, 5.41) is 3.22. The molecule has 0 saturated carbocycles. The summed E-state index contributed by atoms with van der Waals surface area (Å²) in [7, 11) is 2.32. The van der Waals surface area contributed by atoms with E-state index in [1.165, 1.54) is 6.26 Å². The number of hydrogen-bond acceptors (Lipinski definition) is 9. The van der Waals surface area contributed by atoms with Crippen molar-refractivity contribution >= 4 is 33.4 Å². The summed E-state index contributed by atoms with van der Waals surface area (Å²) in [5.74, 6) is 1.51. The summed E-state index contributed by atoms with van der Waals surface area (Å²) in [6, 6.07) is 12.3. The zero-order valence-electron chi connectivity index (χ0n) is 19.5. The van der Waals surface area contributed by atoms with Gasteiger partial charge in [0.15, 0.2) is 21.3 Å². The molecule has 2 heterocycles. The van der Waals surface area contributed by atoms with Gasteiger partial charge in [-0.3, -0.25) is 4.99 Å². The van der Waals surface area contributed by atoms with Crippen molar-refractivity contribution in [2.45, 2.75) is 10.8 Å². The summed E-state index contributed by atoms with van der Waals surface area (Å²) in [5.41, 5.74) is 3.10. The fourth-order valence-electron chi connectivity index (χ4n) is 3.50. The highest BCUT2D eigenvalue weighted by molar-refractivity contribution is 7.90. The van der Waals surface area contributed by atoms with Gasteiger partial charge in [0, 0.05) is 30.8 Å². The van der Waals surface area contributed by atoms with Crippen LogP contribution in [0.15, 0.2) is 58.5 Å². The fourth-order valence-corrected chi connectivity index (χ4v) is 4.13. The summed E-state index contributed by atoms with van der Waals surface area (Å²) in [6.07, 6.45) is 4.66. The van der Waals surface area contributed by atoms with Crippen LogP contribution in [0.25, 0.3) is 0 Å². The van der Waals surface area contributed by atoms with Gasteiger partial charge in [0.05, 0.1) is 29.8 Å². The maximum Gasteiger partial charge on any atom is 0.227 e. The van der Waals surface area contributed by atoms with E-state index >= 15 is 0 Å². The van der Waals surface area contributed by atoms with Crippen molar-refractivity contribution in [3.63, 3.8) is 0 Å². The van der Waals surface area contributed by atoms with Gasteiger partial charge in [0.25, 0.3) is 0 Å². The zero-order chi connectivity index (χ0) is 24.3. The predicted octanol–water partition coefficient (Wildman–Crippen LogP) is 3.42. The molecule has 1 unspecified atom stereocenters. The van der Waals surface area contributed by atoms with Gasteiger partial charge in [-0.1, -0.05) is 12.1 Å². The first-order chi connectivity index (χ1) is 16.2. The predicted molar refractivity (Wildman–Crippen MR) is 132 cm³/mol. The number of fused-ring (bicyclic) bond motifs is 1. The molecule has 1 aliphatic rings. The van der Waals surface area contributed by atoms with Crippen LogP contribution in [0.4, 0.5) is 17.3 Å². The number of likely N-dealkylation sites (N-methyl/N-ethyl adjacent to an activating group) is 1. The fraction of sp³-hybridized carbons (Fsp3) is 0.292. The van der Waals surface area contributed by atoms with Gasteiger partial charge < -0.3 is 19.7 Å². The number of hydrogen-bond donors (Lipinski definition) is 1. The minimum absolute atomic E-state index is 0.187. The van der Waals surface area contributed by atoms with Crippen molar-refractivity contribution in [2.24, 2.45) is 4.99 Å². The Morgan fingerprint density at radius 2 is 1.85 bits per heavy atom. The molecule has 0 radical (unpaired) electrons. The van der Waals surface area contributed by atoms with Crippen molar-refractivity contribution in [3.05, 3.63) is 59.9 Å². The highest BCUT2D eigenvalue weighted by Crippen LogP contribution is 2.36. The van der Waals surface area contributed by atoms with Crippen molar-refractivity contribution < 1.29 is 17.9 Å². The molecule has 0 bridgehead atoms. The molecular weight excluding hydrogens is 454 g/mol. The normalized spacial score (nSPS) is 14.8. The topological polar surface area (TPSA) is 106 Å². The first kappa shape index (κ1) is 23.7. The number of benzene rings is 2. The van der Waals surface area contributed by atoms with Crippen molar-refractivity contribution in [1.29, 1.82) is 0 Å². The third-order valence-corrected chi connectivity index (χ3v) is 6.47. The van der Waals surface area contributed by atoms with Crippen molar-refractivity contribution in [1.82, 2.24) is 14.9 Å². The minimum atomic E-state index is -3.25. The van der Waals surface area contributed by atoms with Gasteiger partial charge >= 0.3 is 0 Å². The van der Waals surface area contributed by atoms with Gasteiger partial charge in [-0.2, -0.15) is 0 Å². The molecule has 1 N–H and O–H groups in total. The van der Waals surface area contributed by atoms with E-state index in [2.05, 4.69) is 15.3 Å². The Morgan fingerprint density at radius 3 is 2.53 bits per heavy atom. The number of ether oxygens (including phenoxy) is 2. The SMILES string of the molecule is COc1ccc(Nc2ncc3c(n2)C(c2ccc(S(C)(=O)=O)cc2)C=N3)cc1OCCN(C)C. The van der Waals surface area contributed by atoms with Crippen LogP contribution in [-0.4, -0.2) is 70.1 Å². The number of aromatic nitrogens is 2. The average molecular weight is 482 g/mol. The standard InChI is InChI=1S/C24H27N5O4S/c1-29(2)11-12-33-22-13-17(7-10-21(22)32-3)27-24-26-15-20-23(28-24)19(14-25-20)16-5-8-18(9-6-16)34(4,30)31/h5-10,13-15,19H,11-12H2,1-4H3,(H,26,27,28). The second kappa shape index (κ2) is 9.78. The summed E-state index contributed by atoms with van der Waals surface area (Å²) < 4.78 is 34.8. The summed E-state index contributed by atoms with van der Waals surface area (Å²) >= 11 is 0. The van der Waals surface area contributed by atoms with Gasteiger partial charge in [0.1, 0.15) is 12.3 Å². The molecular formula is C24H27N5O4S. The van der Waals surface area contributed by atoms with E-state index in [0.29, 0.717) is 29.7 Å².